The van der Waals surface area contributed by atoms with Gasteiger partial charge in [0.15, 0.2) is 11.5 Å². The van der Waals surface area contributed by atoms with E-state index in [9.17, 15) is 6.17 Å². The lowest BCUT2D eigenvalue weighted by molar-refractivity contribution is -0.160. The van der Waals surface area contributed by atoms with E-state index in [2.05, 4.69) is 4.90 Å². The molecule has 1 aromatic rings. The zero-order valence-electron chi connectivity index (χ0n) is 28.0. The number of piperidine rings is 1. The van der Waals surface area contributed by atoms with Gasteiger partial charge in [-0.3, -0.25) is 9.69 Å². The molecular weight excluding hydrogens is 380 g/mol. The molecule has 1 saturated heterocycles. The van der Waals surface area contributed by atoms with Crippen LogP contribution in [0.4, 0.5) is 0 Å². The molecule has 0 radical (unpaired) electrons. The van der Waals surface area contributed by atoms with Gasteiger partial charge in [0.2, 0.25) is 0 Å². The standard InChI is InChI=1S/C24H38N2O4/c1-14(2)9-17-13-26-8-7-16-10-21(28-5)22(29-6)11-18(16)19(26)12-20(17)30-24(27)23(25)15(3)4/h10-11,14-15,17,19-20,23H,7-9,12-13,25H2,1-6H3/t17?,19?,20?,23-/m0/s1/i3D3,4D3,10D,11D,15D,20D. The summed E-state index contributed by atoms with van der Waals surface area (Å²) in [6.07, 6.45) is -1.22. The van der Waals surface area contributed by atoms with Gasteiger partial charge in [0, 0.05) is 41.1 Å². The second-order valence-electron chi connectivity index (χ2n) is 8.28. The molecular formula is C24H38N2O4. The van der Waals surface area contributed by atoms with Gasteiger partial charge in [0.05, 0.1) is 18.3 Å². The van der Waals surface area contributed by atoms with Gasteiger partial charge in [-0.05, 0) is 47.9 Å². The molecule has 2 heterocycles. The molecule has 30 heavy (non-hydrogen) atoms. The number of nitrogens with zero attached hydrogens (tertiary/aromatic N) is 1. The summed E-state index contributed by atoms with van der Waals surface area (Å²) in [7, 11) is 2.75. The number of fused-ring (bicyclic) bond motifs is 3. The summed E-state index contributed by atoms with van der Waals surface area (Å²) in [6, 6.07) is -2.96. The van der Waals surface area contributed by atoms with Crippen molar-refractivity contribution in [2.75, 3.05) is 27.3 Å². The van der Waals surface area contributed by atoms with Gasteiger partial charge in [-0.1, -0.05) is 27.6 Å². The molecule has 2 aliphatic rings. The number of ether oxygens (including phenoxy) is 3. The van der Waals surface area contributed by atoms with Gasteiger partial charge in [0.1, 0.15) is 12.1 Å². The molecule has 0 amide bonds. The van der Waals surface area contributed by atoms with E-state index in [0.29, 0.717) is 37.1 Å². The highest BCUT2D eigenvalue weighted by atomic mass is 16.5. The van der Waals surface area contributed by atoms with Crippen molar-refractivity contribution in [2.24, 2.45) is 23.5 Å². The Balaban J connectivity index is 2.08. The monoisotopic (exact) mass is 428 g/mol. The second-order valence-corrected chi connectivity index (χ2v) is 8.28. The number of rotatable bonds is 7. The molecule has 2 aliphatic heterocycles. The first-order valence-corrected chi connectivity index (χ1v) is 10.2. The molecule has 3 unspecified atom stereocenters. The van der Waals surface area contributed by atoms with Crippen LogP contribution in [0.3, 0.4) is 0 Å². The predicted molar refractivity (Wildman–Crippen MR) is 118 cm³/mol. The van der Waals surface area contributed by atoms with Gasteiger partial charge in [0.25, 0.3) is 0 Å². The minimum Gasteiger partial charge on any atom is -0.493 e. The largest absolute Gasteiger partial charge is 0.493 e. The summed E-state index contributed by atoms with van der Waals surface area (Å²) in [5.74, 6) is -5.10. The number of benzene rings is 1. The highest BCUT2D eigenvalue weighted by Gasteiger charge is 2.41. The van der Waals surface area contributed by atoms with Crippen molar-refractivity contribution >= 4 is 5.97 Å². The van der Waals surface area contributed by atoms with Gasteiger partial charge in [-0.15, -0.1) is 0 Å². The smallest absolute Gasteiger partial charge is 0.323 e. The Morgan fingerprint density at radius 3 is 2.70 bits per heavy atom. The van der Waals surface area contributed by atoms with Crippen LogP contribution in [0.1, 0.15) is 71.3 Å². The predicted octanol–water partition coefficient (Wildman–Crippen LogP) is 3.56. The molecule has 6 heteroatoms. The van der Waals surface area contributed by atoms with E-state index in [0.717, 1.165) is 0 Å². The SMILES string of the molecule is [2H]c1c2c(c([2H])c(OC)c1OC)C1CC([2H])(OC(=O)[C@@H](N)C([2H])(C([2H])([2H])[2H])C([2H])([2H])[2H])C(CC(C)C)CN1CC2. The third-order valence-electron chi connectivity index (χ3n) is 5.73. The maximum absolute atomic E-state index is 13.3. The average molecular weight is 429 g/mol. The van der Waals surface area contributed by atoms with Gasteiger partial charge in [-0.25, -0.2) is 0 Å². The van der Waals surface area contributed by atoms with Gasteiger partial charge in [-0.2, -0.15) is 0 Å². The Bertz CT molecular complexity index is 1110. The van der Waals surface area contributed by atoms with Crippen molar-refractivity contribution in [2.45, 2.75) is 65.0 Å². The highest BCUT2D eigenvalue weighted by Crippen LogP contribution is 2.44. The van der Waals surface area contributed by atoms with Crippen LogP contribution in [0.25, 0.3) is 0 Å². The van der Waals surface area contributed by atoms with Crippen LogP contribution >= 0.6 is 0 Å². The molecule has 6 nitrogen and oxygen atoms in total. The summed E-state index contributed by atoms with van der Waals surface area (Å²) in [6.45, 7) is -2.21. The lowest BCUT2D eigenvalue weighted by atomic mass is 9.79. The van der Waals surface area contributed by atoms with Crippen molar-refractivity contribution < 1.29 is 32.7 Å². The van der Waals surface area contributed by atoms with E-state index in [1.807, 2.05) is 13.8 Å². The topological polar surface area (TPSA) is 74.0 Å². The second kappa shape index (κ2) is 9.56. The summed E-state index contributed by atoms with van der Waals surface area (Å²) in [4.78, 5) is 15.4. The first-order chi connectivity index (χ1) is 18.2. The third kappa shape index (κ3) is 4.75. The molecule has 1 fully saturated rings. The zero-order valence-corrected chi connectivity index (χ0v) is 18.0. The third-order valence-corrected chi connectivity index (χ3v) is 5.73. The minimum absolute atomic E-state index is 0.0114. The van der Waals surface area contributed by atoms with Crippen LogP contribution in [-0.2, 0) is 16.0 Å². The Kier molecular flexibility index (Phi) is 4.12. The number of hydrogen-bond acceptors (Lipinski definition) is 6. The van der Waals surface area contributed by atoms with Crippen LogP contribution in [0.15, 0.2) is 12.1 Å². The quantitative estimate of drug-likeness (QED) is 0.670. The lowest BCUT2D eigenvalue weighted by Gasteiger charge is -2.47. The minimum atomic E-state index is -3.45. The molecule has 3 rings (SSSR count). The normalized spacial score (nSPS) is 33.4. The van der Waals surface area contributed by atoms with E-state index in [1.54, 1.807) is 0 Å². The molecule has 1 aromatic carbocycles. The van der Waals surface area contributed by atoms with Crippen LogP contribution in [0.2, 0.25) is 0 Å². The van der Waals surface area contributed by atoms with Crippen molar-refractivity contribution in [1.82, 2.24) is 4.90 Å². The van der Waals surface area contributed by atoms with E-state index in [-0.39, 0.29) is 35.9 Å². The maximum Gasteiger partial charge on any atom is 0.323 e. The number of carbonyl (C=O) groups is 1. The van der Waals surface area contributed by atoms with E-state index in [1.165, 1.54) is 14.2 Å². The fourth-order valence-electron chi connectivity index (χ4n) is 4.28. The molecule has 2 N–H and O–H groups in total. The Hall–Kier alpha value is -1.79. The van der Waals surface area contributed by atoms with Crippen LogP contribution in [-0.4, -0.2) is 50.3 Å². The van der Waals surface area contributed by atoms with Gasteiger partial charge < -0.3 is 19.9 Å². The van der Waals surface area contributed by atoms with Gasteiger partial charge >= 0.3 is 5.97 Å². The van der Waals surface area contributed by atoms with E-state index in [4.69, 9.17) is 32.3 Å². The molecule has 0 bridgehead atoms. The fraction of sp³-hybridized carbons (Fsp3) is 0.708. The summed E-state index contributed by atoms with van der Waals surface area (Å²) < 4.78 is 97.5. The molecule has 168 valence electrons. The Morgan fingerprint density at radius 2 is 2.07 bits per heavy atom. The summed E-state index contributed by atoms with van der Waals surface area (Å²) >= 11 is 0. The number of carbonyl (C=O) groups excluding carboxylic acids is 1. The van der Waals surface area contributed by atoms with E-state index < -0.39 is 49.6 Å². The maximum atomic E-state index is 13.3. The van der Waals surface area contributed by atoms with Crippen LogP contribution in [0, 0.1) is 17.7 Å². The molecule has 0 saturated carbocycles. The summed E-state index contributed by atoms with van der Waals surface area (Å²) in [5.41, 5.74) is 6.87. The average Bonchev–Trinajstić information content (AvgIpc) is 2.83. The van der Waals surface area contributed by atoms with Crippen molar-refractivity contribution in [1.29, 1.82) is 0 Å². The first kappa shape index (κ1) is 12.9. The fourth-order valence-corrected chi connectivity index (χ4v) is 4.28. The lowest BCUT2D eigenvalue weighted by Crippen LogP contribution is -2.51. The highest BCUT2D eigenvalue weighted by molar-refractivity contribution is 5.76. The van der Waals surface area contributed by atoms with Crippen molar-refractivity contribution in [3.8, 4) is 11.5 Å². The van der Waals surface area contributed by atoms with Crippen molar-refractivity contribution in [3.63, 3.8) is 0 Å². The number of esters is 1. The van der Waals surface area contributed by atoms with Crippen LogP contribution < -0.4 is 15.2 Å². The Labute approximate surface area is 195 Å². The molecule has 0 aromatic heterocycles. The number of nitrogens with two attached hydrogens (primary N) is 1. The number of methoxy groups -OCH3 is 2. The molecule has 0 aliphatic carbocycles. The summed E-state index contributed by atoms with van der Waals surface area (Å²) in [5, 5.41) is 0. The van der Waals surface area contributed by atoms with E-state index >= 15 is 0 Å². The van der Waals surface area contributed by atoms with Crippen LogP contribution in [0.5, 0.6) is 11.5 Å². The molecule has 4 atom stereocenters. The Morgan fingerprint density at radius 1 is 1.37 bits per heavy atom. The number of hydrogen-bond donors (Lipinski definition) is 1. The van der Waals surface area contributed by atoms with Crippen molar-refractivity contribution in [3.05, 3.63) is 23.2 Å². The molecule has 0 spiro atoms. The first-order valence-electron chi connectivity index (χ1n) is 15.2. The zero-order chi connectivity index (χ0) is 30.6.